The lowest BCUT2D eigenvalue weighted by molar-refractivity contribution is -0.316. The summed E-state index contributed by atoms with van der Waals surface area (Å²) >= 11 is 0. The second-order valence-corrected chi connectivity index (χ2v) is 13.7. The average Bonchev–Trinajstić information content (AvgIpc) is 2.57. The Kier molecular flexibility index (Phi) is 7.00. The van der Waals surface area contributed by atoms with Crippen molar-refractivity contribution in [1.82, 2.24) is 0 Å². The lowest BCUT2D eigenvalue weighted by atomic mass is 10.2. The first-order valence-corrected chi connectivity index (χ1v) is 12.6. The third-order valence-electron chi connectivity index (χ3n) is 4.63. The Morgan fingerprint density at radius 2 is 1.36 bits per heavy atom. The Morgan fingerprint density at radius 1 is 0.929 bits per heavy atom. The molecule has 0 N–H and O–H groups in total. The van der Waals surface area contributed by atoms with E-state index in [1.54, 1.807) is 0 Å². The predicted molar refractivity (Wildman–Crippen MR) is 106 cm³/mol. The summed E-state index contributed by atoms with van der Waals surface area (Å²) in [5, 5.41) is 1.50. The van der Waals surface area contributed by atoms with Crippen molar-refractivity contribution in [2.45, 2.75) is 38.2 Å². The summed E-state index contributed by atoms with van der Waals surface area (Å²) in [5.74, 6) is -3.62. The first kappa shape index (κ1) is 22.9. The van der Waals surface area contributed by atoms with Gasteiger partial charge in [-0.1, -0.05) is 89.0 Å². The van der Waals surface area contributed by atoms with Crippen LogP contribution in [0.5, 0.6) is 0 Å². The van der Waals surface area contributed by atoms with Crippen molar-refractivity contribution >= 4 is 26.3 Å². The van der Waals surface area contributed by atoms with Crippen LogP contribution in [0, 0.1) is 0 Å². The molecule has 0 saturated carbocycles. The molecule has 8 heteroatoms. The zero-order valence-corrected chi connectivity index (χ0v) is 18.1. The fourth-order valence-corrected chi connectivity index (χ4v) is 8.77. The molecule has 0 unspecified atom stereocenters. The second-order valence-electron chi connectivity index (χ2n) is 7.89. The standard InChI is InChI=1S/C20H27F2O4PSi/c1-19(2,3)28(17-10-6-4-7-11-17,18-12-8-5-9-13-18)26-15-14-20(21,22)16-27(23,24)25/h4-13H,14-16H2,1-3H3,(H2,23,24,25)/p-2. The first-order valence-electron chi connectivity index (χ1n) is 9.01. The van der Waals surface area contributed by atoms with Crippen molar-refractivity contribution in [2.75, 3.05) is 12.8 Å². The van der Waals surface area contributed by atoms with E-state index in [0.717, 1.165) is 10.4 Å². The zero-order valence-electron chi connectivity index (χ0n) is 16.2. The van der Waals surface area contributed by atoms with E-state index in [4.69, 9.17) is 4.43 Å². The maximum Gasteiger partial charge on any atom is 0.261 e. The SMILES string of the molecule is CC(C)(C)[Si](OCCC(F)(F)CP(=O)([O-])[O-])(c1ccccc1)c1ccccc1. The topological polar surface area (TPSA) is 72.4 Å². The van der Waals surface area contributed by atoms with E-state index in [1.165, 1.54) is 0 Å². The number of rotatable bonds is 8. The average molecular weight is 426 g/mol. The highest BCUT2D eigenvalue weighted by atomic mass is 31.2. The minimum absolute atomic E-state index is 0.347. The molecular formula is C20H25F2O4PSi-2. The molecule has 0 bridgehead atoms. The Morgan fingerprint density at radius 3 is 1.71 bits per heavy atom. The monoisotopic (exact) mass is 426 g/mol. The van der Waals surface area contributed by atoms with Gasteiger partial charge in [0.05, 0.1) is 0 Å². The molecule has 28 heavy (non-hydrogen) atoms. The molecule has 0 spiro atoms. The molecule has 0 aliphatic rings. The van der Waals surface area contributed by atoms with Gasteiger partial charge >= 0.3 is 0 Å². The van der Waals surface area contributed by atoms with Gasteiger partial charge in [-0.05, 0) is 15.4 Å². The molecule has 2 aromatic carbocycles. The number of hydrogen-bond donors (Lipinski definition) is 0. The van der Waals surface area contributed by atoms with Crippen LogP contribution in [-0.2, 0) is 8.99 Å². The number of benzene rings is 2. The van der Waals surface area contributed by atoms with Crippen molar-refractivity contribution in [2.24, 2.45) is 0 Å². The molecule has 0 radical (unpaired) electrons. The second kappa shape index (κ2) is 8.55. The fourth-order valence-electron chi connectivity index (χ4n) is 3.48. The Balaban J connectivity index is 2.41. The molecular weight excluding hydrogens is 401 g/mol. The highest BCUT2D eigenvalue weighted by molar-refractivity contribution is 7.48. The van der Waals surface area contributed by atoms with Gasteiger partial charge in [0.2, 0.25) is 0 Å². The first-order chi connectivity index (χ1) is 12.9. The van der Waals surface area contributed by atoms with Gasteiger partial charge in [0.1, 0.15) is 0 Å². The lowest BCUT2D eigenvalue weighted by Gasteiger charge is -2.43. The predicted octanol–water partition coefficient (Wildman–Crippen LogP) is 2.50. The summed E-state index contributed by atoms with van der Waals surface area (Å²) in [5.41, 5.74) is 0. The van der Waals surface area contributed by atoms with Gasteiger partial charge in [-0.2, -0.15) is 0 Å². The summed E-state index contributed by atoms with van der Waals surface area (Å²) in [6.07, 6.45) is -2.52. The third-order valence-corrected chi connectivity index (χ3v) is 10.5. The molecule has 2 aromatic rings. The van der Waals surface area contributed by atoms with Crippen molar-refractivity contribution < 1.29 is 27.6 Å². The normalized spacial score (nSPS) is 13.5. The van der Waals surface area contributed by atoms with Gasteiger partial charge < -0.3 is 18.8 Å². The van der Waals surface area contributed by atoms with E-state index in [0.29, 0.717) is 0 Å². The van der Waals surface area contributed by atoms with Gasteiger partial charge in [-0.25, -0.2) is 8.78 Å². The zero-order chi connectivity index (χ0) is 21.1. The van der Waals surface area contributed by atoms with Crippen LogP contribution < -0.4 is 20.2 Å². The number of alkyl halides is 2. The summed E-state index contributed by atoms with van der Waals surface area (Å²) in [7, 11) is -8.28. The van der Waals surface area contributed by atoms with E-state index < -0.39 is 34.4 Å². The van der Waals surface area contributed by atoms with E-state index in [1.807, 2.05) is 81.4 Å². The molecule has 0 atom stereocenters. The van der Waals surface area contributed by atoms with Crippen molar-refractivity contribution in [3.8, 4) is 0 Å². The van der Waals surface area contributed by atoms with Crippen LogP contribution in [0.2, 0.25) is 5.04 Å². The van der Waals surface area contributed by atoms with Gasteiger partial charge in [0.15, 0.2) is 0 Å². The van der Waals surface area contributed by atoms with Crippen LogP contribution in [0.1, 0.15) is 27.2 Å². The minimum Gasteiger partial charge on any atom is -0.811 e. The largest absolute Gasteiger partial charge is 0.811 e. The molecule has 0 amide bonds. The minimum atomic E-state index is -5.31. The Bertz CT molecular complexity index is 764. The molecule has 0 aromatic heterocycles. The third kappa shape index (κ3) is 5.58. The number of halogens is 2. The molecule has 0 fully saturated rings. The van der Waals surface area contributed by atoms with Crippen LogP contribution in [0.25, 0.3) is 0 Å². The molecule has 4 nitrogen and oxygen atoms in total. The Hall–Kier alpha value is -1.37. The molecule has 0 saturated heterocycles. The van der Waals surface area contributed by atoms with Crippen LogP contribution in [0.3, 0.4) is 0 Å². The maximum absolute atomic E-state index is 14.0. The van der Waals surface area contributed by atoms with Crippen LogP contribution in [-0.4, -0.2) is 27.0 Å². The van der Waals surface area contributed by atoms with Crippen LogP contribution in [0.15, 0.2) is 60.7 Å². The highest BCUT2D eigenvalue weighted by Gasteiger charge is 2.50. The summed E-state index contributed by atoms with van der Waals surface area (Å²) < 4.78 is 45.0. The van der Waals surface area contributed by atoms with E-state index in [-0.39, 0.29) is 11.6 Å². The fraction of sp³-hybridized carbons (Fsp3) is 0.400. The van der Waals surface area contributed by atoms with Crippen LogP contribution >= 0.6 is 7.60 Å². The van der Waals surface area contributed by atoms with Crippen molar-refractivity contribution in [3.63, 3.8) is 0 Å². The number of hydrogen-bond acceptors (Lipinski definition) is 4. The smallest absolute Gasteiger partial charge is 0.261 e. The Labute approximate surface area is 165 Å². The van der Waals surface area contributed by atoms with Gasteiger partial charge in [0.25, 0.3) is 14.2 Å². The summed E-state index contributed by atoms with van der Waals surface area (Å²) in [6, 6.07) is 19.0. The highest BCUT2D eigenvalue weighted by Crippen LogP contribution is 2.38. The van der Waals surface area contributed by atoms with Crippen LogP contribution in [0.4, 0.5) is 8.78 Å². The van der Waals surface area contributed by atoms with E-state index in [9.17, 15) is 23.1 Å². The van der Waals surface area contributed by atoms with Gasteiger partial charge in [-0.15, -0.1) is 0 Å². The molecule has 154 valence electrons. The lowest BCUT2D eigenvalue weighted by Crippen LogP contribution is -2.66. The summed E-state index contributed by atoms with van der Waals surface area (Å²) in [4.78, 5) is 21.5. The van der Waals surface area contributed by atoms with Gasteiger partial charge in [-0.3, -0.25) is 0 Å². The summed E-state index contributed by atoms with van der Waals surface area (Å²) in [6.45, 7) is 5.70. The molecule has 2 rings (SSSR count). The van der Waals surface area contributed by atoms with Crippen molar-refractivity contribution in [3.05, 3.63) is 60.7 Å². The van der Waals surface area contributed by atoms with Gasteiger partial charge in [0, 0.05) is 19.2 Å². The molecule has 0 heterocycles. The van der Waals surface area contributed by atoms with E-state index in [2.05, 4.69) is 0 Å². The van der Waals surface area contributed by atoms with Crippen molar-refractivity contribution in [1.29, 1.82) is 0 Å². The quantitative estimate of drug-likeness (QED) is 0.480. The maximum atomic E-state index is 14.0. The molecule has 0 aliphatic heterocycles. The molecule has 0 aliphatic carbocycles. The van der Waals surface area contributed by atoms with E-state index >= 15 is 0 Å².